The first-order valence-electron chi connectivity index (χ1n) is 6.21. The summed E-state index contributed by atoms with van der Waals surface area (Å²) in [6, 6.07) is 7.61. The molecule has 0 saturated heterocycles. The molecule has 1 unspecified atom stereocenters. The maximum absolute atomic E-state index is 6.06. The number of fused-ring (bicyclic) bond motifs is 1. The summed E-state index contributed by atoms with van der Waals surface area (Å²) in [5.41, 5.74) is 2.47. The summed E-state index contributed by atoms with van der Waals surface area (Å²) < 4.78 is 5.80. The largest absolute Gasteiger partial charge is 0.492 e. The van der Waals surface area contributed by atoms with Crippen molar-refractivity contribution in [2.75, 3.05) is 6.61 Å². The average Bonchev–Trinajstić information content (AvgIpc) is 2.85. The standard InChI is InChI=1S/C14H15ClN2O.ClH/c15-11-3-1-2-4-14(11)18-8-10-5-6-12-13(7-10)17-9-16-12;/h1-4,9-10H,5-8H2,(H,16,17);1H. The van der Waals surface area contributed by atoms with Crippen molar-refractivity contribution in [3.63, 3.8) is 0 Å². The van der Waals surface area contributed by atoms with Crippen LogP contribution in [0, 0.1) is 5.92 Å². The third-order valence-corrected chi connectivity index (χ3v) is 3.71. The highest BCUT2D eigenvalue weighted by atomic mass is 35.5. The van der Waals surface area contributed by atoms with Crippen LogP contribution < -0.4 is 4.74 Å². The van der Waals surface area contributed by atoms with Crippen LogP contribution in [0.1, 0.15) is 17.8 Å². The molecular weight excluding hydrogens is 283 g/mol. The lowest BCUT2D eigenvalue weighted by Crippen LogP contribution is -2.20. The Kier molecular flexibility index (Phi) is 4.72. The molecule has 102 valence electrons. The molecule has 19 heavy (non-hydrogen) atoms. The van der Waals surface area contributed by atoms with Crippen molar-refractivity contribution in [3.05, 3.63) is 47.0 Å². The van der Waals surface area contributed by atoms with Crippen LogP contribution in [0.15, 0.2) is 30.6 Å². The highest BCUT2D eigenvalue weighted by molar-refractivity contribution is 6.32. The second kappa shape index (κ2) is 6.31. The summed E-state index contributed by atoms with van der Waals surface area (Å²) in [6.45, 7) is 0.711. The number of rotatable bonds is 3. The second-order valence-corrected chi connectivity index (χ2v) is 5.09. The Morgan fingerprint density at radius 1 is 1.37 bits per heavy atom. The summed E-state index contributed by atoms with van der Waals surface area (Å²) in [5.74, 6) is 1.31. The number of nitrogens with one attached hydrogen (secondary N) is 1. The molecule has 3 rings (SSSR count). The second-order valence-electron chi connectivity index (χ2n) is 4.68. The number of H-pyrrole nitrogens is 1. The minimum absolute atomic E-state index is 0. The Balaban J connectivity index is 0.00000133. The van der Waals surface area contributed by atoms with Crippen molar-refractivity contribution in [3.8, 4) is 5.75 Å². The Labute approximate surface area is 123 Å². The smallest absolute Gasteiger partial charge is 0.137 e. The van der Waals surface area contributed by atoms with Crippen LogP contribution in [0.5, 0.6) is 5.75 Å². The lowest BCUT2D eigenvalue weighted by atomic mass is 9.90. The van der Waals surface area contributed by atoms with Crippen molar-refractivity contribution in [2.24, 2.45) is 5.92 Å². The average molecular weight is 299 g/mol. The van der Waals surface area contributed by atoms with Gasteiger partial charge in [0.1, 0.15) is 5.75 Å². The topological polar surface area (TPSA) is 37.9 Å². The quantitative estimate of drug-likeness (QED) is 0.939. The molecule has 0 aliphatic heterocycles. The van der Waals surface area contributed by atoms with Gasteiger partial charge < -0.3 is 9.72 Å². The Morgan fingerprint density at radius 2 is 2.21 bits per heavy atom. The molecule has 0 spiro atoms. The zero-order valence-electron chi connectivity index (χ0n) is 10.4. The fraction of sp³-hybridized carbons (Fsp3) is 0.357. The first-order chi connectivity index (χ1) is 8.83. The number of nitrogens with zero attached hydrogens (tertiary/aromatic N) is 1. The molecule has 0 bridgehead atoms. The van der Waals surface area contributed by atoms with Crippen LogP contribution in [-0.4, -0.2) is 16.6 Å². The number of imidazole rings is 1. The van der Waals surface area contributed by atoms with Crippen molar-refractivity contribution >= 4 is 24.0 Å². The first kappa shape index (κ1) is 14.2. The molecule has 1 heterocycles. The summed E-state index contributed by atoms with van der Waals surface area (Å²) in [4.78, 5) is 7.51. The number of halogens is 2. The zero-order valence-corrected chi connectivity index (χ0v) is 12.0. The van der Waals surface area contributed by atoms with Crippen LogP contribution in [-0.2, 0) is 12.8 Å². The molecule has 0 saturated carbocycles. The van der Waals surface area contributed by atoms with E-state index in [0.717, 1.165) is 25.0 Å². The fourth-order valence-electron chi connectivity index (χ4n) is 2.38. The Morgan fingerprint density at radius 3 is 3.05 bits per heavy atom. The number of aryl methyl sites for hydroxylation is 1. The third-order valence-electron chi connectivity index (χ3n) is 3.40. The predicted molar refractivity (Wildman–Crippen MR) is 78.3 cm³/mol. The summed E-state index contributed by atoms with van der Waals surface area (Å²) >= 11 is 6.06. The lowest BCUT2D eigenvalue weighted by Gasteiger charge is -2.21. The molecule has 1 aliphatic carbocycles. The van der Waals surface area contributed by atoms with Crippen LogP contribution in [0.2, 0.25) is 5.02 Å². The van der Waals surface area contributed by atoms with Gasteiger partial charge in [0.05, 0.1) is 23.7 Å². The molecule has 0 amide bonds. The maximum atomic E-state index is 6.06. The van der Waals surface area contributed by atoms with Crippen LogP contribution in [0.3, 0.4) is 0 Å². The van der Waals surface area contributed by atoms with Gasteiger partial charge in [-0.2, -0.15) is 0 Å². The minimum atomic E-state index is 0. The van der Waals surface area contributed by atoms with Crippen molar-refractivity contribution in [2.45, 2.75) is 19.3 Å². The van der Waals surface area contributed by atoms with Gasteiger partial charge in [-0.05, 0) is 37.3 Å². The van der Waals surface area contributed by atoms with E-state index >= 15 is 0 Å². The van der Waals surface area contributed by atoms with Crippen molar-refractivity contribution in [1.82, 2.24) is 9.97 Å². The third kappa shape index (κ3) is 3.23. The van der Waals surface area contributed by atoms with E-state index < -0.39 is 0 Å². The predicted octanol–water partition coefficient (Wildman–Crippen LogP) is 3.67. The highest BCUT2D eigenvalue weighted by Crippen LogP contribution is 2.27. The van der Waals surface area contributed by atoms with Crippen LogP contribution in [0.4, 0.5) is 0 Å². The van der Waals surface area contributed by atoms with Crippen LogP contribution >= 0.6 is 24.0 Å². The van der Waals surface area contributed by atoms with E-state index in [9.17, 15) is 0 Å². The monoisotopic (exact) mass is 298 g/mol. The molecule has 1 atom stereocenters. The van der Waals surface area contributed by atoms with E-state index in [1.54, 1.807) is 6.33 Å². The number of aromatic nitrogens is 2. The summed E-state index contributed by atoms with van der Waals surface area (Å²) in [5, 5.41) is 0.676. The van der Waals surface area contributed by atoms with E-state index in [-0.39, 0.29) is 12.4 Å². The van der Waals surface area contributed by atoms with Crippen molar-refractivity contribution < 1.29 is 4.74 Å². The molecule has 1 aromatic heterocycles. The highest BCUT2D eigenvalue weighted by Gasteiger charge is 2.21. The number of aromatic amines is 1. The number of benzene rings is 1. The molecule has 1 N–H and O–H groups in total. The van der Waals surface area contributed by atoms with Gasteiger partial charge >= 0.3 is 0 Å². The first-order valence-corrected chi connectivity index (χ1v) is 6.59. The van der Waals surface area contributed by atoms with E-state index in [1.165, 1.54) is 11.4 Å². The Hall–Kier alpha value is -1.19. The molecule has 5 heteroatoms. The van der Waals surface area contributed by atoms with Gasteiger partial charge in [0, 0.05) is 5.69 Å². The van der Waals surface area contributed by atoms with Gasteiger partial charge in [0.2, 0.25) is 0 Å². The maximum Gasteiger partial charge on any atom is 0.137 e. The van der Waals surface area contributed by atoms with Gasteiger partial charge in [-0.15, -0.1) is 12.4 Å². The molecule has 0 fully saturated rings. The fourth-order valence-corrected chi connectivity index (χ4v) is 2.58. The van der Waals surface area contributed by atoms with Crippen molar-refractivity contribution in [1.29, 1.82) is 0 Å². The molecule has 2 aromatic rings. The summed E-state index contributed by atoms with van der Waals surface area (Å²) in [6.07, 6.45) is 4.96. The molecule has 1 aromatic carbocycles. The van der Waals surface area contributed by atoms with Gasteiger partial charge in [-0.3, -0.25) is 0 Å². The summed E-state index contributed by atoms with van der Waals surface area (Å²) in [7, 11) is 0. The van der Waals surface area contributed by atoms with E-state index in [0.29, 0.717) is 17.5 Å². The minimum Gasteiger partial charge on any atom is -0.492 e. The van der Waals surface area contributed by atoms with E-state index in [4.69, 9.17) is 16.3 Å². The van der Waals surface area contributed by atoms with Gasteiger partial charge in [0.15, 0.2) is 0 Å². The Bertz CT molecular complexity index is 542. The van der Waals surface area contributed by atoms with Gasteiger partial charge in [0.25, 0.3) is 0 Å². The molecular formula is C14H16Cl2N2O. The number of hydrogen-bond donors (Lipinski definition) is 1. The molecule has 0 radical (unpaired) electrons. The SMILES string of the molecule is Cl.Clc1ccccc1OCC1CCc2nc[nH]c2C1. The number of hydrogen-bond acceptors (Lipinski definition) is 2. The number of para-hydroxylation sites is 1. The van der Waals surface area contributed by atoms with Gasteiger partial charge in [-0.1, -0.05) is 23.7 Å². The normalized spacial score (nSPS) is 17.4. The molecule has 3 nitrogen and oxygen atoms in total. The zero-order chi connectivity index (χ0) is 12.4. The number of ether oxygens (including phenoxy) is 1. The van der Waals surface area contributed by atoms with E-state index in [1.807, 2.05) is 24.3 Å². The lowest BCUT2D eigenvalue weighted by molar-refractivity contribution is 0.233. The van der Waals surface area contributed by atoms with Gasteiger partial charge in [-0.25, -0.2) is 4.98 Å². The van der Waals surface area contributed by atoms with E-state index in [2.05, 4.69) is 9.97 Å². The molecule has 1 aliphatic rings. The van der Waals surface area contributed by atoms with Crippen LogP contribution in [0.25, 0.3) is 0 Å².